The van der Waals surface area contributed by atoms with Gasteiger partial charge in [-0.3, -0.25) is 4.74 Å². The van der Waals surface area contributed by atoms with Crippen molar-refractivity contribution in [3.05, 3.63) is 12.7 Å². The molecule has 0 aliphatic heterocycles. The van der Waals surface area contributed by atoms with Gasteiger partial charge in [-0.05, 0) is 5.92 Å². The number of alkyl halides is 3. The second kappa shape index (κ2) is 3.61. The highest BCUT2D eigenvalue weighted by Gasteiger charge is 2.29. The number of rotatable bonds is 3. The van der Waals surface area contributed by atoms with Crippen molar-refractivity contribution in [3.8, 4) is 0 Å². The number of halogens is 3. The van der Waals surface area contributed by atoms with Gasteiger partial charge in [0.1, 0.15) is 0 Å². The molecule has 0 unspecified atom stereocenters. The molecular weight excluding hydrogens is 145 g/mol. The van der Waals surface area contributed by atoms with Gasteiger partial charge in [0.2, 0.25) is 0 Å². The van der Waals surface area contributed by atoms with Crippen molar-refractivity contribution in [1.82, 2.24) is 0 Å². The van der Waals surface area contributed by atoms with Crippen LogP contribution in [0.1, 0.15) is 6.92 Å². The fourth-order valence-electron chi connectivity index (χ4n) is 0.294. The average Bonchev–Trinajstić information content (AvgIpc) is 1.81. The molecule has 0 aromatic heterocycles. The van der Waals surface area contributed by atoms with E-state index in [2.05, 4.69) is 11.3 Å². The lowest BCUT2D eigenvalue weighted by atomic mass is 10.2. The fourth-order valence-corrected chi connectivity index (χ4v) is 0.294. The summed E-state index contributed by atoms with van der Waals surface area (Å²) >= 11 is 0. The summed E-state index contributed by atoms with van der Waals surface area (Å²) < 4.78 is 37.4. The summed E-state index contributed by atoms with van der Waals surface area (Å²) in [5.41, 5.74) is 0. The van der Waals surface area contributed by atoms with Gasteiger partial charge < -0.3 is 0 Å². The minimum atomic E-state index is -4.52. The Morgan fingerprint density at radius 3 is 2.40 bits per heavy atom. The van der Waals surface area contributed by atoms with Gasteiger partial charge in [-0.1, -0.05) is 13.0 Å². The van der Waals surface area contributed by atoms with Gasteiger partial charge in [-0.2, -0.15) is 0 Å². The van der Waals surface area contributed by atoms with Gasteiger partial charge >= 0.3 is 6.36 Å². The molecule has 0 radical (unpaired) electrons. The monoisotopic (exact) mass is 154 g/mol. The molecular formula is C6H9F3O. The highest BCUT2D eigenvalue weighted by molar-refractivity contribution is 4.74. The first-order valence-electron chi connectivity index (χ1n) is 2.79. The molecule has 0 heterocycles. The fraction of sp³-hybridized carbons (Fsp3) is 0.667. The lowest BCUT2D eigenvalue weighted by molar-refractivity contribution is -0.326. The summed E-state index contributed by atoms with van der Waals surface area (Å²) in [6.07, 6.45) is -3.11. The Labute approximate surface area is 57.5 Å². The molecule has 10 heavy (non-hydrogen) atoms. The highest BCUT2D eigenvalue weighted by atomic mass is 19.4. The largest absolute Gasteiger partial charge is 0.522 e. The SMILES string of the molecule is C=C[C@H](C)COC(F)(F)F. The third-order valence-corrected chi connectivity index (χ3v) is 0.912. The second-order valence-electron chi connectivity index (χ2n) is 1.97. The predicted octanol–water partition coefficient (Wildman–Crippen LogP) is 2.34. The van der Waals surface area contributed by atoms with Crippen LogP contribution in [0.2, 0.25) is 0 Å². The molecule has 0 bridgehead atoms. The van der Waals surface area contributed by atoms with Crippen LogP contribution in [0.3, 0.4) is 0 Å². The summed E-state index contributed by atoms with van der Waals surface area (Å²) in [5, 5.41) is 0. The highest BCUT2D eigenvalue weighted by Crippen LogP contribution is 2.17. The first-order valence-corrected chi connectivity index (χ1v) is 2.79. The van der Waals surface area contributed by atoms with Gasteiger partial charge in [0.25, 0.3) is 0 Å². The van der Waals surface area contributed by atoms with Crippen LogP contribution in [0.25, 0.3) is 0 Å². The van der Waals surface area contributed by atoms with E-state index < -0.39 is 6.36 Å². The Hall–Kier alpha value is -0.510. The summed E-state index contributed by atoms with van der Waals surface area (Å²) in [4.78, 5) is 0. The van der Waals surface area contributed by atoms with E-state index in [0.29, 0.717) is 0 Å². The molecule has 0 saturated carbocycles. The summed E-state index contributed by atoms with van der Waals surface area (Å²) in [6, 6.07) is 0. The molecule has 1 atom stereocenters. The van der Waals surface area contributed by atoms with E-state index in [1.54, 1.807) is 6.92 Å². The first-order chi connectivity index (χ1) is 4.45. The van der Waals surface area contributed by atoms with E-state index in [1.807, 2.05) is 0 Å². The number of hydrogen-bond acceptors (Lipinski definition) is 1. The Morgan fingerprint density at radius 2 is 2.10 bits per heavy atom. The maximum absolute atomic E-state index is 11.3. The van der Waals surface area contributed by atoms with Crippen LogP contribution in [0, 0.1) is 5.92 Å². The van der Waals surface area contributed by atoms with Crippen LogP contribution in [0.5, 0.6) is 0 Å². The van der Waals surface area contributed by atoms with Gasteiger partial charge in [-0.25, -0.2) is 0 Å². The van der Waals surface area contributed by atoms with Gasteiger partial charge in [0.05, 0.1) is 6.61 Å². The molecule has 0 spiro atoms. The molecule has 0 aliphatic carbocycles. The smallest absolute Gasteiger partial charge is 0.291 e. The van der Waals surface area contributed by atoms with Crippen molar-refractivity contribution in [2.75, 3.05) is 6.61 Å². The third-order valence-electron chi connectivity index (χ3n) is 0.912. The van der Waals surface area contributed by atoms with E-state index in [0.717, 1.165) is 0 Å². The normalized spacial score (nSPS) is 14.8. The summed E-state index contributed by atoms with van der Waals surface area (Å²) in [6.45, 7) is 4.56. The molecule has 0 aliphatic rings. The number of ether oxygens (including phenoxy) is 1. The van der Waals surface area contributed by atoms with Gasteiger partial charge in [0.15, 0.2) is 0 Å². The summed E-state index contributed by atoms with van der Waals surface area (Å²) in [5.74, 6) is -0.262. The lowest BCUT2D eigenvalue weighted by Gasteiger charge is -2.09. The molecule has 0 N–H and O–H groups in total. The number of hydrogen-bond donors (Lipinski definition) is 0. The molecule has 0 rings (SSSR count). The maximum Gasteiger partial charge on any atom is 0.522 e. The predicted molar refractivity (Wildman–Crippen MR) is 31.4 cm³/mol. The molecule has 4 heteroatoms. The van der Waals surface area contributed by atoms with Crippen LogP contribution < -0.4 is 0 Å². The van der Waals surface area contributed by atoms with Crippen molar-refractivity contribution in [2.45, 2.75) is 13.3 Å². The topological polar surface area (TPSA) is 9.23 Å². The van der Waals surface area contributed by atoms with E-state index in [1.165, 1.54) is 6.08 Å². The average molecular weight is 154 g/mol. The molecule has 0 amide bonds. The van der Waals surface area contributed by atoms with Crippen LogP contribution >= 0.6 is 0 Å². The molecule has 0 saturated heterocycles. The van der Waals surface area contributed by atoms with Gasteiger partial charge in [0, 0.05) is 0 Å². The maximum atomic E-state index is 11.3. The zero-order valence-corrected chi connectivity index (χ0v) is 5.61. The zero-order valence-electron chi connectivity index (χ0n) is 5.61. The Kier molecular flexibility index (Phi) is 3.42. The van der Waals surface area contributed by atoms with E-state index >= 15 is 0 Å². The third kappa shape index (κ3) is 5.62. The molecule has 0 aromatic carbocycles. The zero-order chi connectivity index (χ0) is 8.20. The minimum absolute atomic E-state index is 0.262. The van der Waals surface area contributed by atoms with Crippen molar-refractivity contribution in [1.29, 1.82) is 0 Å². The Morgan fingerprint density at radius 1 is 1.60 bits per heavy atom. The van der Waals surface area contributed by atoms with Crippen molar-refractivity contribution in [2.24, 2.45) is 5.92 Å². The van der Waals surface area contributed by atoms with Crippen LogP contribution in [0.4, 0.5) is 13.2 Å². The van der Waals surface area contributed by atoms with E-state index in [4.69, 9.17) is 0 Å². The van der Waals surface area contributed by atoms with Crippen LogP contribution in [-0.4, -0.2) is 13.0 Å². The molecule has 60 valence electrons. The summed E-state index contributed by atoms with van der Waals surface area (Å²) in [7, 11) is 0. The quantitative estimate of drug-likeness (QED) is 0.567. The Bertz CT molecular complexity index is 108. The second-order valence-corrected chi connectivity index (χ2v) is 1.97. The van der Waals surface area contributed by atoms with E-state index in [9.17, 15) is 13.2 Å². The van der Waals surface area contributed by atoms with Crippen molar-refractivity contribution in [3.63, 3.8) is 0 Å². The van der Waals surface area contributed by atoms with Gasteiger partial charge in [-0.15, -0.1) is 19.8 Å². The molecule has 1 nitrogen and oxygen atoms in total. The molecule has 0 fully saturated rings. The van der Waals surface area contributed by atoms with E-state index in [-0.39, 0.29) is 12.5 Å². The minimum Gasteiger partial charge on any atom is -0.291 e. The van der Waals surface area contributed by atoms with Crippen molar-refractivity contribution < 1.29 is 17.9 Å². The standard InChI is InChI=1S/C6H9F3O/c1-3-5(2)4-10-6(7,8)9/h3,5H,1,4H2,2H3/t5-/m0/s1. The lowest BCUT2D eigenvalue weighted by Crippen LogP contribution is -2.17. The first kappa shape index (κ1) is 9.49. The Balaban J connectivity index is 3.45. The van der Waals surface area contributed by atoms with Crippen molar-refractivity contribution >= 4 is 0 Å². The molecule has 0 aromatic rings. The van der Waals surface area contributed by atoms with Crippen LogP contribution in [0.15, 0.2) is 12.7 Å². The van der Waals surface area contributed by atoms with Crippen LogP contribution in [-0.2, 0) is 4.74 Å².